The van der Waals surface area contributed by atoms with Gasteiger partial charge in [0.25, 0.3) is 0 Å². The smallest absolute Gasteiger partial charge is 0.309 e. The average Bonchev–Trinajstić information content (AvgIpc) is 2.86. The Bertz CT molecular complexity index is 727. The number of unbranched alkanes of at least 4 members (excludes halogenated alkanes) is 15. The molecule has 0 aromatic heterocycles. The molecule has 190 valence electrons. The molecule has 2 aromatic rings. The minimum Gasteiger partial charge on any atom is -0.494 e. The van der Waals surface area contributed by atoms with Crippen molar-refractivity contribution in [2.24, 2.45) is 0 Å². The van der Waals surface area contributed by atoms with Crippen molar-refractivity contribution in [3.63, 3.8) is 0 Å². The van der Waals surface area contributed by atoms with Crippen molar-refractivity contribution in [3.05, 3.63) is 63.2 Å². The summed E-state index contributed by atoms with van der Waals surface area (Å²) in [6.45, 7) is 3.15. The van der Waals surface area contributed by atoms with Crippen LogP contribution in [0.5, 0.6) is 5.75 Å². The standard InChI is InChI=1S/C32H50IO/c1-3-4-5-6-7-8-9-10-11-12-13-14-15-16-17-21-26-34-31-24-25-32(33-2)30(28-31)27-29-22-19-18-20-23-29/h18-20,22-25,28H,3-17,21,26-27H2,1-2H3/q+1. The van der Waals surface area contributed by atoms with Crippen LogP contribution in [0.25, 0.3) is 0 Å². The molecule has 0 spiro atoms. The lowest BCUT2D eigenvalue weighted by Crippen LogP contribution is -3.60. The first kappa shape index (κ1) is 29.2. The summed E-state index contributed by atoms with van der Waals surface area (Å²) in [5, 5.41) is 0. The fraction of sp³-hybridized carbons (Fsp3) is 0.625. The molecule has 0 saturated carbocycles. The first-order valence-electron chi connectivity index (χ1n) is 14.1. The van der Waals surface area contributed by atoms with Crippen LogP contribution in [-0.4, -0.2) is 11.5 Å². The maximum absolute atomic E-state index is 6.12. The van der Waals surface area contributed by atoms with Crippen molar-refractivity contribution >= 4 is 0 Å². The molecule has 0 radical (unpaired) electrons. The first-order chi connectivity index (χ1) is 16.8. The van der Waals surface area contributed by atoms with E-state index in [4.69, 9.17) is 4.74 Å². The van der Waals surface area contributed by atoms with Gasteiger partial charge in [0.05, 0.1) is 6.61 Å². The summed E-state index contributed by atoms with van der Waals surface area (Å²) in [6.07, 6.45) is 23.5. The molecule has 2 heteroatoms. The molecular formula is C32H50IO+. The summed E-state index contributed by atoms with van der Waals surface area (Å²) < 4.78 is 7.65. The van der Waals surface area contributed by atoms with Gasteiger partial charge >= 0.3 is 21.2 Å². The summed E-state index contributed by atoms with van der Waals surface area (Å²) in [4.78, 5) is 2.35. The molecule has 0 aliphatic heterocycles. The average molecular weight is 578 g/mol. The van der Waals surface area contributed by atoms with Gasteiger partial charge in [-0.05, 0) is 30.2 Å². The van der Waals surface area contributed by atoms with E-state index < -0.39 is 0 Å². The number of hydrogen-bond donors (Lipinski definition) is 0. The van der Waals surface area contributed by atoms with Crippen molar-refractivity contribution in [2.75, 3.05) is 11.5 Å². The van der Waals surface area contributed by atoms with Crippen LogP contribution in [0.2, 0.25) is 0 Å². The maximum atomic E-state index is 6.12. The Morgan fingerprint density at radius 2 is 1.15 bits per heavy atom. The number of alkyl halides is 1. The summed E-state index contributed by atoms with van der Waals surface area (Å²) in [5.41, 5.74) is 2.84. The van der Waals surface area contributed by atoms with Gasteiger partial charge in [0.15, 0.2) is 3.57 Å². The quantitative estimate of drug-likeness (QED) is 0.0901. The number of rotatable bonds is 21. The zero-order chi connectivity index (χ0) is 24.1. The lowest BCUT2D eigenvalue weighted by molar-refractivity contribution is -0.598. The van der Waals surface area contributed by atoms with Gasteiger partial charge in [-0.15, -0.1) is 0 Å². The third-order valence-corrected chi connectivity index (χ3v) is 8.94. The lowest BCUT2D eigenvalue weighted by atomic mass is 10.0. The van der Waals surface area contributed by atoms with Gasteiger partial charge in [0.2, 0.25) is 0 Å². The second-order valence-corrected chi connectivity index (χ2v) is 12.0. The molecule has 0 heterocycles. The van der Waals surface area contributed by atoms with E-state index in [2.05, 4.69) is 60.4 Å². The van der Waals surface area contributed by atoms with E-state index in [1.165, 1.54) is 117 Å². The van der Waals surface area contributed by atoms with Gasteiger partial charge in [-0.1, -0.05) is 134 Å². The van der Waals surface area contributed by atoms with Crippen LogP contribution < -0.4 is 25.9 Å². The molecule has 2 rings (SSSR count). The van der Waals surface area contributed by atoms with Gasteiger partial charge < -0.3 is 4.74 Å². The molecule has 0 amide bonds. The number of halogens is 1. The molecule has 0 aliphatic rings. The van der Waals surface area contributed by atoms with Gasteiger partial charge in [-0.3, -0.25) is 0 Å². The molecule has 0 atom stereocenters. The Labute approximate surface area is 221 Å². The van der Waals surface area contributed by atoms with Crippen LogP contribution in [0.15, 0.2) is 48.5 Å². The Balaban J connectivity index is 1.45. The van der Waals surface area contributed by atoms with Crippen LogP contribution in [0, 0.1) is 3.57 Å². The Kier molecular flexibility index (Phi) is 17.3. The largest absolute Gasteiger partial charge is 0.494 e. The molecule has 0 unspecified atom stereocenters. The lowest BCUT2D eigenvalue weighted by Gasteiger charge is -2.09. The topological polar surface area (TPSA) is 9.23 Å². The zero-order valence-electron chi connectivity index (χ0n) is 22.1. The Morgan fingerprint density at radius 1 is 0.618 bits per heavy atom. The highest BCUT2D eigenvalue weighted by atomic mass is 127. The van der Waals surface area contributed by atoms with Crippen LogP contribution in [0.1, 0.15) is 121 Å². The van der Waals surface area contributed by atoms with E-state index in [1.807, 2.05) is 0 Å². The molecule has 34 heavy (non-hydrogen) atoms. The Hall–Kier alpha value is -1.03. The number of ether oxygens (including phenoxy) is 1. The molecule has 2 aromatic carbocycles. The zero-order valence-corrected chi connectivity index (χ0v) is 24.3. The highest BCUT2D eigenvalue weighted by Crippen LogP contribution is 2.18. The third kappa shape index (κ3) is 13.8. The van der Waals surface area contributed by atoms with Crippen LogP contribution in [0.3, 0.4) is 0 Å². The third-order valence-electron chi connectivity index (χ3n) is 6.72. The molecule has 0 bridgehead atoms. The molecular weight excluding hydrogens is 527 g/mol. The summed E-state index contributed by atoms with van der Waals surface area (Å²) >= 11 is 0.0844. The van der Waals surface area contributed by atoms with Gasteiger partial charge in [-0.25, -0.2) is 0 Å². The fourth-order valence-corrected chi connectivity index (χ4v) is 6.20. The second-order valence-electron chi connectivity index (χ2n) is 9.76. The van der Waals surface area contributed by atoms with E-state index in [0.717, 1.165) is 18.8 Å². The molecule has 0 saturated heterocycles. The van der Waals surface area contributed by atoms with Gasteiger partial charge in [0.1, 0.15) is 10.7 Å². The van der Waals surface area contributed by atoms with E-state index >= 15 is 0 Å². The summed E-state index contributed by atoms with van der Waals surface area (Å²) in [5.74, 6) is 1.05. The van der Waals surface area contributed by atoms with E-state index in [-0.39, 0.29) is 21.2 Å². The number of hydrogen-bond acceptors (Lipinski definition) is 1. The van der Waals surface area contributed by atoms with Crippen molar-refractivity contribution in [1.29, 1.82) is 0 Å². The van der Waals surface area contributed by atoms with Crippen LogP contribution in [0.4, 0.5) is 0 Å². The predicted molar refractivity (Wildman–Crippen MR) is 145 cm³/mol. The van der Waals surface area contributed by atoms with Crippen LogP contribution in [-0.2, 0) is 6.42 Å². The number of benzene rings is 2. The fourth-order valence-electron chi connectivity index (χ4n) is 4.62. The summed E-state index contributed by atoms with van der Waals surface area (Å²) in [7, 11) is 0. The molecule has 0 aliphatic carbocycles. The predicted octanol–water partition coefficient (Wildman–Crippen LogP) is 6.81. The highest BCUT2D eigenvalue weighted by Gasteiger charge is 2.14. The van der Waals surface area contributed by atoms with E-state index in [1.54, 1.807) is 0 Å². The molecule has 0 fully saturated rings. The van der Waals surface area contributed by atoms with E-state index in [9.17, 15) is 0 Å². The first-order valence-corrected chi connectivity index (χ1v) is 17.4. The highest BCUT2D eigenvalue weighted by molar-refractivity contribution is 5.32. The minimum absolute atomic E-state index is 0.0844. The van der Waals surface area contributed by atoms with Gasteiger partial charge in [0, 0.05) is 12.0 Å². The second kappa shape index (κ2) is 20.2. The van der Waals surface area contributed by atoms with Crippen molar-refractivity contribution in [2.45, 2.75) is 116 Å². The molecule has 0 N–H and O–H groups in total. The molecule has 1 nitrogen and oxygen atoms in total. The minimum atomic E-state index is 0.0844. The van der Waals surface area contributed by atoms with Crippen LogP contribution >= 0.6 is 0 Å². The normalized spacial score (nSPS) is 11.1. The van der Waals surface area contributed by atoms with E-state index in [0.29, 0.717) is 0 Å². The van der Waals surface area contributed by atoms with Gasteiger partial charge in [-0.2, -0.15) is 0 Å². The monoisotopic (exact) mass is 577 g/mol. The summed E-state index contributed by atoms with van der Waals surface area (Å²) in [6, 6.07) is 17.6. The SMILES string of the molecule is CCCCCCCCCCCCCCCCCCOc1ccc([I+]C)c(Cc2ccccc2)c1. The Morgan fingerprint density at radius 3 is 1.68 bits per heavy atom. The maximum Gasteiger partial charge on any atom is 0.309 e. The van der Waals surface area contributed by atoms with Crippen molar-refractivity contribution < 1.29 is 25.9 Å². The van der Waals surface area contributed by atoms with Crippen molar-refractivity contribution in [1.82, 2.24) is 0 Å². The van der Waals surface area contributed by atoms with Crippen molar-refractivity contribution in [3.8, 4) is 5.75 Å².